The summed E-state index contributed by atoms with van der Waals surface area (Å²) >= 11 is 0. The molecule has 0 aliphatic rings. The molecule has 0 aliphatic heterocycles. The van der Waals surface area contributed by atoms with Crippen LogP contribution in [0.5, 0.6) is 0 Å². The van der Waals surface area contributed by atoms with E-state index in [9.17, 15) is 9.36 Å². The fourth-order valence-corrected chi connectivity index (χ4v) is 1.92. The number of rotatable bonds is 5. The van der Waals surface area contributed by atoms with E-state index in [0.717, 1.165) is 0 Å². The zero-order chi connectivity index (χ0) is 8.91. The van der Waals surface area contributed by atoms with Crippen LogP contribution in [0.3, 0.4) is 0 Å². The van der Waals surface area contributed by atoms with E-state index in [-0.39, 0.29) is 12.1 Å². The molecule has 11 heavy (non-hydrogen) atoms. The highest BCUT2D eigenvalue weighted by Crippen LogP contribution is 2.52. The summed E-state index contributed by atoms with van der Waals surface area (Å²) in [6, 6.07) is 0. The van der Waals surface area contributed by atoms with Gasteiger partial charge in [-0.3, -0.25) is 4.57 Å². The molecule has 1 atom stereocenters. The molecule has 0 aromatic carbocycles. The number of aldehydes is 1. The summed E-state index contributed by atoms with van der Waals surface area (Å²) in [6.07, 6.45) is 0.897. The maximum absolute atomic E-state index is 11.4. The molecule has 0 bridgehead atoms. The van der Waals surface area contributed by atoms with E-state index in [4.69, 9.17) is 0 Å². The summed E-state index contributed by atoms with van der Waals surface area (Å²) in [7, 11) is -0.398. The van der Waals surface area contributed by atoms with Crippen molar-refractivity contribution >= 4 is 13.9 Å². The molecule has 5 heteroatoms. The first-order valence-corrected chi connectivity index (χ1v) is 4.86. The summed E-state index contributed by atoms with van der Waals surface area (Å²) in [6.45, 7) is 1.65. The summed E-state index contributed by atoms with van der Waals surface area (Å²) in [4.78, 5) is 10.1. The third-order valence-electron chi connectivity index (χ3n) is 1.49. The molecule has 0 fully saturated rings. The lowest BCUT2D eigenvalue weighted by molar-refractivity contribution is -0.107. The average Bonchev–Trinajstić information content (AvgIpc) is 2.03. The second-order valence-corrected chi connectivity index (χ2v) is 4.85. The second-order valence-electron chi connectivity index (χ2n) is 2.16. The minimum Gasteiger partial charge on any atom is -0.312 e. The Labute approximate surface area is 66.4 Å². The summed E-state index contributed by atoms with van der Waals surface area (Å²) in [5, 5.41) is 0. The van der Waals surface area contributed by atoms with Crippen molar-refractivity contribution in [1.29, 1.82) is 0 Å². The lowest BCUT2D eigenvalue weighted by Gasteiger charge is -2.18. The Morgan fingerprint density at radius 1 is 1.45 bits per heavy atom. The van der Waals surface area contributed by atoms with E-state index < -0.39 is 7.60 Å². The van der Waals surface area contributed by atoms with Crippen LogP contribution in [-0.2, 0) is 18.4 Å². The summed E-state index contributed by atoms with van der Waals surface area (Å²) in [5.74, 6) is 0. The fraction of sp³-hybridized carbons (Fsp3) is 0.833. The first-order chi connectivity index (χ1) is 5.10. The van der Waals surface area contributed by atoms with Gasteiger partial charge >= 0.3 is 7.60 Å². The minimum absolute atomic E-state index is 0.193. The predicted molar refractivity (Wildman–Crippen MR) is 41.8 cm³/mol. The SMILES string of the molecule is COP(=O)(OC)C(C)CC=O. The van der Waals surface area contributed by atoms with Crippen LogP contribution in [0, 0.1) is 0 Å². The quantitative estimate of drug-likeness (QED) is 0.474. The maximum Gasteiger partial charge on any atom is 0.333 e. The third kappa shape index (κ3) is 2.73. The Kier molecular flexibility index (Phi) is 4.57. The van der Waals surface area contributed by atoms with Gasteiger partial charge in [0.15, 0.2) is 0 Å². The average molecular weight is 180 g/mol. The largest absolute Gasteiger partial charge is 0.333 e. The molecule has 0 spiro atoms. The van der Waals surface area contributed by atoms with Crippen LogP contribution in [0.1, 0.15) is 13.3 Å². The van der Waals surface area contributed by atoms with Crippen LogP contribution >= 0.6 is 7.60 Å². The summed E-state index contributed by atoms with van der Waals surface area (Å²) in [5.41, 5.74) is -0.366. The van der Waals surface area contributed by atoms with Gasteiger partial charge in [-0.15, -0.1) is 0 Å². The van der Waals surface area contributed by atoms with Crippen LogP contribution in [0.25, 0.3) is 0 Å². The second kappa shape index (κ2) is 4.65. The number of carbonyl (C=O) groups is 1. The molecule has 4 nitrogen and oxygen atoms in total. The molecule has 66 valence electrons. The Morgan fingerprint density at radius 2 is 1.91 bits per heavy atom. The van der Waals surface area contributed by atoms with Crippen LogP contribution in [0.15, 0.2) is 0 Å². The van der Waals surface area contributed by atoms with Gasteiger partial charge in [-0.2, -0.15) is 0 Å². The smallest absolute Gasteiger partial charge is 0.312 e. The van der Waals surface area contributed by atoms with Crippen molar-refractivity contribution in [2.24, 2.45) is 0 Å². The van der Waals surface area contributed by atoms with Gasteiger partial charge in [-0.25, -0.2) is 0 Å². The maximum atomic E-state index is 11.4. The van der Waals surface area contributed by atoms with Gasteiger partial charge in [0.25, 0.3) is 0 Å². The van der Waals surface area contributed by atoms with Crippen molar-refractivity contribution in [1.82, 2.24) is 0 Å². The fourth-order valence-electron chi connectivity index (χ4n) is 0.703. The third-order valence-corrected chi connectivity index (χ3v) is 3.79. The van der Waals surface area contributed by atoms with Crippen LogP contribution in [-0.4, -0.2) is 26.2 Å². The van der Waals surface area contributed by atoms with Crippen molar-refractivity contribution in [3.63, 3.8) is 0 Å². The van der Waals surface area contributed by atoms with Gasteiger partial charge < -0.3 is 13.8 Å². The Hall–Kier alpha value is -0.180. The number of hydrogen-bond donors (Lipinski definition) is 0. The Bertz CT molecular complexity index is 160. The summed E-state index contributed by atoms with van der Waals surface area (Å²) < 4.78 is 20.8. The molecule has 0 aromatic rings. The molecular weight excluding hydrogens is 167 g/mol. The molecule has 1 unspecified atom stereocenters. The van der Waals surface area contributed by atoms with Gasteiger partial charge in [0, 0.05) is 20.6 Å². The van der Waals surface area contributed by atoms with E-state index in [1.807, 2.05) is 0 Å². The van der Waals surface area contributed by atoms with Crippen molar-refractivity contribution in [2.45, 2.75) is 19.0 Å². The van der Waals surface area contributed by atoms with Gasteiger partial charge in [0.1, 0.15) is 6.29 Å². The molecule has 0 heterocycles. The Morgan fingerprint density at radius 3 is 2.18 bits per heavy atom. The molecule has 0 radical (unpaired) electrons. The van der Waals surface area contributed by atoms with Gasteiger partial charge in [-0.05, 0) is 0 Å². The molecule has 0 rings (SSSR count). The molecule has 0 aromatic heterocycles. The zero-order valence-electron chi connectivity index (χ0n) is 6.94. The lowest BCUT2D eigenvalue weighted by atomic mass is 10.4. The van der Waals surface area contributed by atoms with Gasteiger partial charge in [0.2, 0.25) is 0 Å². The van der Waals surface area contributed by atoms with E-state index in [0.29, 0.717) is 6.29 Å². The van der Waals surface area contributed by atoms with Crippen molar-refractivity contribution in [2.75, 3.05) is 14.2 Å². The lowest BCUT2D eigenvalue weighted by Crippen LogP contribution is -2.07. The highest BCUT2D eigenvalue weighted by Gasteiger charge is 2.29. The first kappa shape index (κ1) is 10.8. The van der Waals surface area contributed by atoms with Gasteiger partial charge in [0.05, 0.1) is 5.66 Å². The van der Waals surface area contributed by atoms with E-state index in [1.54, 1.807) is 6.92 Å². The van der Waals surface area contributed by atoms with Crippen LogP contribution in [0.4, 0.5) is 0 Å². The molecule has 0 amide bonds. The highest BCUT2D eigenvalue weighted by molar-refractivity contribution is 7.54. The van der Waals surface area contributed by atoms with E-state index in [1.165, 1.54) is 14.2 Å². The highest BCUT2D eigenvalue weighted by atomic mass is 31.2. The number of carbonyl (C=O) groups excluding carboxylic acids is 1. The molecule has 0 saturated carbocycles. The topological polar surface area (TPSA) is 52.6 Å². The van der Waals surface area contributed by atoms with Crippen LogP contribution < -0.4 is 0 Å². The van der Waals surface area contributed by atoms with Crippen molar-refractivity contribution in [3.05, 3.63) is 0 Å². The van der Waals surface area contributed by atoms with E-state index in [2.05, 4.69) is 9.05 Å². The molecule has 0 N–H and O–H groups in total. The van der Waals surface area contributed by atoms with E-state index >= 15 is 0 Å². The van der Waals surface area contributed by atoms with Crippen molar-refractivity contribution < 1.29 is 18.4 Å². The first-order valence-electron chi connectivity index (χ1n) is 3.25. The van der Waals surface area contributed by atoms with Gasteiger partial charge in [-0.1, -0.05) is 6.92 Å². The monoisotopic (exact) mass is 180 g/mol. The normalized spacial score (nSPS) is 14.5. The van der Waals surface area contributed by atoms with Crippen molar-refractivity contribution in [3.8, 4) is 0 Å². The number of hydrogen-bond acceptors (Lipinski definition) is 4. The Balaban J connectivity index is 4.24. The minimum atomic E-state index is -3.02. The predicted octanol–water partition coefficient (Wildman–Crippen LogP) is 1.45. The van der Waals surface area contributed by atoms with Crippen LogP contribution in [0.2, 0.25) is 0 Å². The molecule has 0 saturated heterocycles. The molecular formula is C6H13O4P. The standard InChI is InChI=1S/C6H13O4P/c1-6(4-5-7)11(8,9-2)10-3/h5-6H,4H2,1-3H3. The zero-order valence-corrected chi connectivity index (χ0v) is 7.84. The molecule has 0 aliphatic carbocycles.